The third-order valence-electron chi connectivity index (χ3n) is 3.63. The Kier molecular flexibility index (Phi) is 6.15. The average molecular weight is 278 g/mol. The van der Waals surface area contributed by atoms with Gasteiger partial charge in [0, 0.05) is 19.6 Å². The maximum atomic E-state index is 5.56. The number of nitrogens with one attached hydrogen (secondary N) is 1. The van der Waals surface area contributed by atoms with E-state index in [1.807, 2.05) is 0 Å². The lowest BCUT2D eigenvalue weighted by atomic mass is 10.1. The zero-order chi connectivity index (χ0) is 14.2. The van der Waals surface area contributed by atoms with E-state index in [1.165, 1.54) is 24.1 Å². The van der Waals surface area contributed by atoms with Crippen molar-refractivity contribution in [2.24, 2.45) is 0 Å². The van der Waals surface area contributed by atoms with Crippen molar-refractivity contribution < 1.29 is 9.47 Å². The quantitative estimate of drug-likeness (QED) is 0.777. The molecule has 1 fully saturated rings. The molecule has 0 unspecified atom stereocenters. The van der Waals surface area contributed by atoms with Gasteiger partial charge in [0.2, 0.25) is 0 Å². The van der Waals surface area contributed by atoms with Gasteiger partial charge in [-0.05, 0) is 30.7 Å². The lowest BCUT2D eigenvalue weighted by Crippen LogP contribution is -2.36. The number of rotatable bonds is 7. The average Bonchev–Trinajstić information content (AvgIpc) is 2.52. The van der Waals surface area contributed by atoms with Gasteiger partial charge < -0.3 is 19.7 Å². The molecular weight excluding hydrogens is 252 g/mol. The van der Waals surface area contributed by atoms with E-state index in [4.69, 9.17) is 9.47 Å². The first-order valence-electron chi connectivity index (χ1n) is 7.55. The van der Waals surface area contributed by atoms with Gasteiger partial charge in [0.05, 0.1) is 26.0 Å². The molecule has 1 aliphatic heterocycles. The number of ether oxygens (including phenoxy) is 2. The predicted molar refractivity (Wildman–Crippen MR) is 82.6 cm³/mol. The number of methoxy groups -OCH3 is 1. The van der Waals surface area contributed by atoms with Crippen LogP contribution in [0.5, 0.6) is 5.75 Å². The van der Waals surface area contributed by atoms with Gasteiger partial charge in [0.25, 0.3) is 0 Å². The van der Waals surface area contributed by atoms with Crippen molar-refractivity contribution in [2.75, 3.05) is 44.9 Å². The number of anilines is 1. The predicted octanol–water partition coefficient (Wildman–Crippen LogP) is 2.42. The number of unbranched alkanes of at least 4 members (excludes halogenated alkanes) is 1. The van der Waals surface area contributed by atoms with Gasteiger partial charge in [-0.1, -0.05) is 19.4 Å². The van der Waals surface area contributed by atoms with Gasteiger partial charge in [-0.25, -0.2) is 0 Å². The monoisotopic (exact) mass is 278 g/mol. The summed E-state index contributed by atoms with van der Waals surface area (Å²) >= 11 is 0. The molecule has 1 aromatic carbocycles. The van der Waals surface area contributed by atoms with Crippen LogP contribution in [0, 0.1) is 0 Å². The van der Waals surface area contributed by atoms with Crippen molar-refractivity contribution in [2.45, 2.75) is 26.3 Å². The Bertz CT molecular complexity index is 403. The Morgan fingerprint density at radius 3 is 2.80 bits per heavy atom. The van der Waals surface area contributed by atoms with Gasteiger partial charge in [0.1, 0.15) is 5.75 Å². The summed E-state index contributed by atoms with van der Waals surface area (Å²) in [6.07, 6.45) is 2.45. The molecule has 2 rings (SSSR count). The van der Waals surface area contributed by atoms with E-state index in [9.17, 15) is 0 Å². The highest BCUT2D eigenvalue weighted by molar-refractivity contribution is 5.60. The summed E-state index contributed by atoms with van der Waals surface area (Å²) in [7, 11) is 1.74. The molecule has 112 valence electrons. The van der Waals surface area contributed by atoms with E-state index < -0.39 is 0 Å². The van der Waals surface area contributed by atoms with Gasteiger partial charge in [-0.2, -0.15) is 0 Å². The van der Waals surface area contributed by atoms with Crippen LogP contribution in [-0.2, 0) is 11.3 Å². The summed E-state index contributed by atoms with van der Waals surface area (Å²) in [5, 5.41) is 3.46. The molecule has 0 spiro atoms. The van der Waals surface area contributed by atoms with Crippen molar-refractivity contribution in [1.29, 1.82) is 0 Å². The third kappa shape index (κ3) is 4.12. The number of benzene rings is 1. The first kappa shape index (κ1) is 15.1. The SMILES string of the molecule is CCCCNCc1ccc(N2CCOCC2)c(OC)c1. The van der Waals surface area contributed by atoms with Crippen LogP contribution in [0.1, 0.15) is 25.3 Å². The highest BCUT2D eigenvalue weighted by Crippen LogP contribution is 2.29. The zero-order valence-electron chi connectivity index (χ0n) is 12.7. The maximum Gasteiger partial charge on any atom is 0.142 e. The topological polar surface area (TPSA) is 33.7 Å². The van der Waals surface area contributed by atoms with E-state index in [1.54, 1.807) is 7.11 Å². The van der Waals surface area contributed by atoms with E-state index in [2.05, 4.69) is 35.3 Å². The highest BCUT2D eigenvalue weighted by atomic mass is 16.5. The first-order chi connectivity index (χ1) is 9.85. The Balaban J connectivity index is 1.99. The number of morpholine rings is 1. The Labute approximate surface area is 122 Å². The van der Waals surface area contributed by atoms with E-state index in [0.717, 1.165) is 45.1 Å². The maximum absolute atomic E-state index is 5.56. The summed E-state index contributed by atoms with van der Waals surface area (Å²) in [5.41, 5.74) is 2.45. The van der Waals surface area contributed by atoms with Crippen LogP contribution in [0.15, 0.2) is 18.2 Å². The lowest BCUT2D eigenvalue weighted by molar-refractivity contribution is 0.122. The van der Waals surface area contributed by atoms with Crippen LogP contribution >= 0.6 is 0 Å². The summed E-state index contributed by atoms with van der Waals surface area (Å²) in [6, 6.07) is 6.50. The minimum Gasteiger partial charge on any atom is -0.495 e. The largest absolute Gasteiger partial charge is 0.495 e. The van der Waals surface area contributed by atoms with Gasteiger partial charge >= 0.3 is 0 Å². The van der Waals surface area contributed by atoms with Crippen LogP contribution in [0.4, 0.5) is 5.69 Å². The minimum absolute atomic E-state index is 0.795. The standard InChI is InChI=1S/C16H26N2O2/c1-3-4-7-17-13-14-5-6-15(16(12-14)19-2)18-8-10-20-11-9-18/h5-6,12,17H,3-4,7-11,13H2,1-2H3. The first-order valence-corrected chi connectivity index (χ1v) is 7.55. The second kappa shape index (κ2) is 8.12. The summed E-state index contributed by atoms with van der Waals surface area (Å²) in [5.74, 6) is 0.960. The van der Waals surface area contributed by atoms with Crippen molar-refractivity contribution in [3.63, 3.8) is 0 Å². The Morgan fingerprint density at radius 1 is 1.30 bits per heavy atom. The fraction of sp³-hybridized carbons (Fsp3) is 0.625. The van der Waals surface area contributed by atoms with Gasteiger partial charge in [-0.3, -0.25) is 0 Å². The van der Waals surface area contributed by atoms with Crippen LogP contribution in [0.3, 0.4) is 0 Å². The summed E-state index contributed by atoms with van der Waals surface area (Å²) in [6.45, 7) is 7.65. The molecule has 4 heteroatoms. The normalized spacial score (nSPS) is 15.4. The number of hydrogen-bond acceptors (Lipinski definition) is 4. The van der Waals surface area contributed by atoms with E-state index in [0.29, 0.717) is 0 Å². The van der Waals surface area contributed by atoms with Crippen LogP contribution in [0.2, 0.25) is 0 Å². The smallest absolute Gasteiger partial charge is 0.142 e. The molecule has 4 nitrogen and oxygen atoms in total. The van der Waals surface area contributed by atoms with Crippen molar-refractivity contribution in [3.05, 3.63) is 23.8 Å². The van der Waals surface area contributed by atoms with Crippen LogP contribution in [-0.4, -0.2) is 40.0 Å². The van der Waals surface area contributed by atoms with Gasteiger partial charge in [0.15, 0.2) is 0 Å². The van der Waals surface area contributed by atoms with Crippen molar-refractivity contribution in [1.82, 2.24) is 5.32 Å². The molecular formula is C16H26N2O2. The molecule has 0 aliphatic carbocycles. The Morgan fingerprint density at radius 2 is 2.10 bits per heavy atom. The van der Waals surface area contributed by atoms with E-state index in [-0.39, 0.29) is 0 Å². The molecule has 20 heavy (non-hydrogen) atoms. The second-order valence-electron chi connectivity index (χ2n) is 5.14. The molecule has 1 N–H and O–H groups in total. The molecule has 0 bridgehead atoms. The fourth-order valence-electron chi connectivity index (χ4n) is 2.43. The molecule has 0 radical (unpaired) electrons. The van der Waals surface area contributed by atoms with Crippen molar-refractivity contribution in [3.8, 4) is 5.75 Å². The lowest BCUT2D eigenvalue weighted by Gasteiger charge is -2.30. The molecule has 1 saturated heterocycles. The molecule has 0 atom stereocenters. The highest BCUT2D eigenvalue weighted by Gasteiger charge is 2.15. The molecule has 1 aliphatic rings. The second-order valence-corrected chi connectivity index (χ2v) is 5.14. The molecule has 0 aromatic heterocycles. The van der Waals surface area contributed by atoms with Gasteiger partial charge in [-0.15, -0.1) is 0 Å². The molecule has 1 aromatic rings. The number of hydrogen-bond donors (Lipinski definition) is 1. The summed E-state index contributed by atoms with van der Waals surface area (Å²) in [4.78, 5) is 2.33. The minimum atomic E-state index is 0.795. The van der Waals surface area contributed by atoms with E-state index >= 15 is 0 Å². The fourth-order valence-corrected chi connectivity index (χ4v) is 2.43. The van der Waals surface area contributed by atoms with Crippen LogP contribution in [0.25, 0.3) is 0 Å². The zero-order valence-corrected chi connectivity index (χ0v) is 12.7. The molecule has 0 amide bonds. The van der Waals surface area contributed by atoms with Crippen molar-refractivity contribution >= 4 is 5.69 Å². The molecule has 1 heterocycles. The summed E-state index contributed by atoms with van der Waals surface area (Å²) < 4.78 is 11.0. The van der Waals surface area contributed by atoms with Crippen LogP contribution < -0.4 is 15.0 Å². The third-order valence-corrected chi connectivity index (χ3v) is 3.63. The Hall–Kier alpha value is -1.26. The number of nitrogens with zero attached hydrogens (tertiary/aromatic N) is 1. The molecule has 0 saturated carbocycles.